The molecule has 1 aromatic carbocycles. The van der Waals surface area contributed by atoms with Crippen molar-refractivity contribution < 1.29 is 19.0 Å². The monoisotopic (exact) mass is 316 g/mol. The van der Waals surface area contributed by atoms with E-state index in [4.69, 9.17) is 9.84 Å². The van der Waals surface area contributed by atoms with Crippen LogP contribution < -0.4 is 4.74 Å². The van der Waals surface area contributed by atoms with Crippen molar-refractivity contribution in [3.63, 3.8) is 0 Å². The number of hydrogen-bond acceptors (Lipinski definition) is 2. The van der Waals surface area contributed by atoms with Gasteiger partial charge in [-0.15, -0.1) is 0 Å². The molecule has 0 aliphatic heterocycles. The first kappa shape index (κ1) is 14.7. The molecule has 0 aromatic heterocycles. The molecule has 0 aliphatic rings. The summed E-state index contributed by atoms with van der Waals surface area (Å²) in [6.07, 6.45) is 2.83. The molecule has 0 spiro atoms. The minimum absolute atomic E-state index is 0.271. The van der Waals surface area contributed by atoms with Gasteiger partial charge in [-0.3, -0.25) is 4.39 Å². The third-order valence-electron chi connectivity index (χ3n) is 2.20. The van der Waals surface area contributed by atoms with E-state index in [0.29, 0.717) is 17.7 Å². The highest BCUT2D eigenvalue weighted by atomic mass is 79.9. The second-order valence-electron chi connectivity index (χ2n) is 3.70. The molecule has 1 rings (SSSR count). The first-order valence-electron chi connectivity index (χ1n) is 5.44. The highest BCUT2D eigenvalue weighted by Gasteiger charge is 2.07. The summed E-state index contributed by atoms with van der Waals surface area (Å²) in [5.41, 5.74) is 1.52. The molecule has 5 heteroatoms. The molecule has 0 saturated heterocycles. The van der Waals surface area contributed by atoms with Crippen LogP contribution in [0.2, 0.25) is 0 Å². The van der Waals surface area contributed by atoms with Gasteiger partial charge in [0.25, 0.3) is 0 Å². The largest absolute Gasteiger partial charge is 0.493 e. The molecule has 0 aliphatic carbocycles. The molecule has 0 amide bonds. The van der Waals surface area contributed by atoms with E-state index < -0.39 is 12.6 Å². The number of halogens is 2. The topological polar surface area (TPSA) is 46.5 Å². The quantitative estimate of drug-likeness (QED) is 0.644. The first-order valence-corrected chi connectivity index (χ1v) is 6.24. The molecular weight excluding hydrogens is 303 g/mol. The Morgan fingerprint density at radius 1 is 1.56 bits per heavy atom. The van der Waals surface area contributed by atoms with E-state index in [9.17, 15) is 9.18 Å². The van der Waals surface area contributed by atoms with Crippen molar-refractivity contribution >= 4 is 28.0 Å². The number of ether oxygens (including phenoxy) is 1. The fourth-order valence-electron chi connectivity index (χ4n) is 1.47. The summed E-state index contributed by atoms with van der Waals surface area (Å²) in [6, 6.07) is 3.63. The highest BCUT2D eigenvalue weighted by Crippen LogP contribution is 2.29. The van der Waals surface area contributed by atoms with Crippen LogP contribution in [0.1, 0.15) is 17.5 Å². The number of aryl methyl sites for hydroxylation is 1. The van der Waals surface area contributed by atoms with Gasteiger partial charge in [0.1, 0.15) is 5.75 Å². The summed E-state index contributed by atoms with van der Waals surface area (Å²) in [6.45, 7) is 1.69. The number of rotatable bonds is 6. The Morgan fingerprint density at radius 3 is 2.89 bits per heavy atom. The minimum Gasteiger partial charge on any atom is -0.493 e. The van der Waals surface area contributed by atoms with Crippen molar-refractivity contribution in [1.82, 2.24) is 0 Å². The molecule has 98 valence electrons. The van der Waals surface area contributed by atoms with E-state index in [2.05, 4.69) is 15.9 Å². The molecule has 0 saturated carbocycles. The zero-order chi connectivity index (χ0) is 13.5. The summed E-state index contributed by atoms with van der Waals surface area (Å²) in [5, 5.41) is 8.63. The van der Waals surface area contributed by atoms with E-state index in [0.717, 1.165) is 16.1 Å². The van der Waals surface area contributed by atoms with Crippen molar-refractivity contribution in [2.75, 3.05) is 13.3 Å². The number of aliphatic carboxylic acids is 1. The van der Waals surface area contributed by atoms with Gasteiger partial charge >= 0.3 is 5.97 Å². The van der Waals surface area contributed by atoms with E-state index in [-0.39, 0.29) is 6.61 Å². The standard InChI is InChI=1S/C13H14BrFO3/c1-9-7-11(14)8-10(3-4-12(16)17)13(9)18-6-2-5-15/h3-4,7-8H,2,5-6H2,1H3,(H,16,17)/b4-3+. The molecular formula is C13H14BrFO3. The van der Waals surface area contributed by atoms with Crippen molar-refractivity contribution in [2.45, 2.75) is 13.3 Å². The number of carbonyl (C=O) groups is 1. The van der Waals surface area contributed by atoms with Crippen LogP contribution in [0.5, 0.6) is 5.75 Å². The number of benzene rings is 1. The third kappa shape index (κ3) is 4.49. The average molecular weight is 317 g/mol. The fourth-order valence-corrected chi connectivity index (χ4v) is 2.06. The van der Waals surface area contributed by atoms with Crippen LogP contribution in [-0.4, -0.2) is 24.4 Å². The van der Waals surface area contributed by atoms with Crippen molar-refractivity contribution in [2.24, 2.45) is 0 Å². The number of carboxylic acids is 1. The van der Waals surface area contributed by atoms with Crippen LogP contribution in [0.3, 0.4) is 0 Å². The SMILES string of the molecule is Cc1cc(Br)cc(/C=C/C(=O)O)c1OCCCF. The lowest BCUT2D eigenvalue weighted by molar-refractivity contribution is -0.131. The lowest BCUT2D eigenvalue weighted by Gasteiger charge is -2.12. The van der Waals surface area contributed by atoms with E-state index in [1.807, 2.05) is 13.0 Å². The maximum Gasteiger partial charge on any atom is 0.328 e. The second-order valence-corrected chi connectivity index (χ2v) is 4.62. The van der Waals surface area contributed by atoms with Gasteiger partial charge in [-0.2, -0.15) is 0 Å². The van der Waals surface area contributed by atoms with Gasteiger partial charge in [0.15, 0.2) is 0 Å². The maximum atomic E-state index is 12.0. The van der Waals surface area contributed by atoms with Crippen LogP contribution in [0.15, 0.2) is 22.7 Å². The van der Waals surface area contributed by atoms with Crippen molar-refractivity contribution in [3.8, 4) is 5.75 Å². The minimum atomic E-state index is -1.03. The van der Waals surface area contributed by atoms with Crippen molar-refractivity contribution in [3.05, 3.63) is 33.8 Å². The van der Waals surface area contributed by atoms with E-state index in [1.54, 1.807) is 6.07 Å². The van der Waals surface area contributed by atoms with Crippen LogP contribution in [0.4, 0.5) is 4.39 Å². The molecule has 1 N–H and O–H groups in total. The average Bonchev–Trinajstić information content (AvgIpc) is 2.29. The summed E-state index contributed by atoms with van der Waals surface area (Å²) < 4.78 is 18.4. The molecule has 0 fully saturated rings. The first-order chi connectivity index (χ1) is 8.54. The molecule has 0 heterocycles. The fraction of sp³-hybridized carbons (Fsp3) is 0.308. The Hall–Kier alpha value is -1.36. The Bertz CT molecular complexity index is 458. The molecule has 0 bridgehead atoms. The van der Waals surface area contributed by atoms with Gasteiger partial charge < -0.3 is 9.84 Å². The van der Waals surface area contributed by atoms with Crippen LogP contribution in [-0.2, 0) is 4.79 Å². The second kappa shape index (κ2) is 7.16. The molecule has 18 heavy (non-hydrogen) atoms. The molecule has 3 nitrogen and oxygen atoms in total. The molecule has 0 unspecified atom stereocenters. The van der Waals surface area contributed by atoms with E-state index in [1.165, 1.54) is 6.08 Å². The summed E-state index contributed by atoms with van der Waals surface area (Å²) in [4.78, 5) is 10.5. The highest BCUT2D eigenvalue weighted by molar-refractivity contribution is 9.10. The van der Waals surface area contributed by atoms with Gasteiger partial charge in [-0.05, 0) is 30.7 Å². The smallest absolute Gasteiger partial charge is 0.328 e. The zero-order valence-corrected chi connectivity index (χ0v) is 11.5. The van der Waals surface area contributed by atoms with Gasteiger partial charge in [-0.25, -0.2) is 4.79 Å². The van der Waals surface area contributed by atoms with Gasteiger partial charge in [0.05, 0.1) is 13.3 Å². The zero-order valence-electron chi connectivity index (χ0n) is 9.95. The van der Waals surface area contributed by atoms with Crippen LogP contribution in [0, 0.1) is 6.92 Å². The maximum absolute atomic E-state index is 12.0. The number of carboxylic acid groups (broad SMARTS) is 1. The van der Waals surface area contributed by atoms with Crippen LogP contribution >= 0.6 is 15.9 Å². The Balaban J connectivity index is 3.00. The lowest BCUT2D eigenvalue weighted by atomic mass is 10.1. The lowest BCUT2D eigenvalue weighted by Crippen LogP contribution is -2.01. The Morgan fingerprint density at radius 2 is 2.28 bits per heavy atom. The van der Waals surface area contributed by atoms with E-state index >= 15 is 0 Å². The Kier molecular flexibility index (Phi) is 5.85. The van der Waals surface area contributed by atoms with Crippen molar-refractivity contribution in [1.29, 1.82) is 0 Å². The summed E-state index contributed by atoms with van der Waals surface area (Å²) >= 11 is 3.34. The van der Waals surface area contributed by atoms with Crippen LogP contribution in [0.25, 0.3) is 6.08 Å². The number of alkyl halides is 1. The van der Waals surface area contributed by atoms with Gasteiger partial charge in [0.2, 0.25) is 0 Å². The van der Waals surface area contributed by atoms with Gasteiger partial charge in [-0.1, -0.05) is 15.9 Å². The van der Waals surface area contributed by atoms with Gasteiger partial charge in [0, 0.05) is 22.5 Å². The molecule has 0 radical (unpaired) electrons. The summed E-state index contributed by atoms with van der Waals surface area (Å²) in [5.74, 6) is -0.438. The predicted octanol–water partition coefficient (Wildman–Crippen LogP) is 3.59. The summed E-state index contributed by atoms with van der Waals surface area (Å²) in [7, 11) is 0. The molecule has 0 atom stereocenters. The molecule has 1 aromatic rings. The number of hydrogen-bond donors (Lipinski definition) is 1. The third-order valence-corrected chi connectivity index (χ3v) is 2.66. The Labute approximate surface area is 113 Å². The normalized spacial score (nSPS) is 10.8. The predicted molar refractivity (Wildman–Crippen MR) is 71.6 cm³/mol.